The molecule has 0 radical (unpaired) electrons. The van der Waals surface area contributed by atoms with Crippen molar-refractivity contribution in [3.63, 3.8) is 0 Å². The SMILES string of the molecule is COc1ccc(-c2cc(C(=O)N3CCN(C(=O)c4cccc(OC)c4)CC3)c(C)n2-c2ccc(C)cc2)cc1. The highest BCUT2D eigenvalue weighted by molar-refractivity contribution is 5.98. The second-order valence-corrected chi connectivity index (χ2v) is 9.74. The lowest BCUT2D eigenvalue weighted by molar-refractivity contribution is 0.0535. The molecule has 2 amide bonds. The Balaban J connectivity index is 1.40. The molecule has 0 atom stereocenters. The minimum Gasteiger partial charge on any atom is -0.497 e. The van der Waals surface area contributed by atoms with E-state index in [9.17, 15) is 9.59 Å². The zero-order valence-corrected chi connectivity index (χ0v) is 22.8. The number of benzene rings is 3. The molecule has 3 aromatic carbocycles. The average molecular weight is 524 g/mol. The van der Waals surface area contributed by atoms with Crippen LogP contribution in [0, 0.1) is 13.8 Å². The fourth-order valence-electron chi connectivity index (χ4n) is 5.05. The summed E-state index contributed by atoms with van der Waals surface area (Å²) in [5.74, 6) is 1.35. The molecule has 200 valence electrons. The molecule has 0 N–H and O–H groups in total. The third kappa shape index (κ3) is 5.25. The average Bonchev–Trinajstić information content (AvgIpc) is 3.33. The van der Waals surface area contributed by atoms with Gasteiger partial charge in [0.1, 0.15) is 11.5 Å². The summed E-state index contributed by atoms with van der Waals surface area (Å²) in [5.41, 5.74) is 6.23. The molecule has 7 heteroatoms. The van der Waals surface area contributed by atoms with Crippen molar-refractivity contribution >= 4 is 11.8 Å². The van der Waals surface area contributed by atoms with Gasteiger partial charge in [-0.05, 0) is 80.1 Å². The number of amides is 2. The van der Waals surface area contributed by atoms with E-state index in [1.165, 1.54) is 5.56 Å². The first-order valence-corrected chi connectivity index (χ1v) is 13.1. The van der Waals surface area contributed by atoms with Crippen LogP contribution >= 0.6 is 0 Å². The molecule has 0 aliphatic carbocycles. The van der Waals surface area contributed by atoms with Crippen molar-refractivity contribution in [1.82, 2.24) is 14.4 Å². The first kappa shape index (κ1) is 26.1. The molecule has 0 unspecified atom stereocenters. The van der Waals surface area contributed by atoms with E-state index >= 15 is 0 Å². The molecule has 1 aliphatic rings. The van der Waals surface area contributed by atoms with Crippen molar-refractivity contribution in [2.75, 3.05) is 40.4 Å². The summed E-state index contributed by atoms with van der Waals surface area (Å²) in [4.78, 5) is 30.5. The molecule has 2 heterocycles. The number of rotatable bonds is 6. The Kier molecular flexibility index (Phi) is 7.41. The molecule has 5 rings (SSSR count). The van der Waals surface area contributed by atoms with E-state index in [2.05, 4.69) is 35.8 Å². The molecule has 0 spiro atoms. The molecule has 0 bridgehead atoms. The maximum atomic E-state index is 13.8. The number of carbonyl (C=O) groups is 2. The van der Waals surface area contributed by atoms with Gasteiger partial charge in [0.05, 0.1) is 25.5 Å². The molecule has 1 aromatic heterocycles. The van der Waals surface area contributed by atoms with Crippen molar-refractivity contribution in [3.05, 3.63) is 101 Å². The Bertz CT molecular complexity index is 1480. The Morgan fingerprint density at radius 2 is 1.31 bits per heavy atom. The van der Waals surface area contributed by atoms with E-state index in [0.717, 1.165) is 28.4 Å². The number of ether oxygens (including phenoxy) is 2. The normalized spacial score (nSPS) is 13.3. The van der Waals surface area contributed by atoms with E-state index < -0.39 is 0 Å². The number of methoxy groups -OCH3 is 2. The third-order valence-corrected chi connectivity index (χ3v) is 7.33. The number of aryl methyl sites for hydroxylation is 1. The van der Waals surface area contributed by atoms with E-state index in [1.54, 1.807) is 31.3 Å². The monoisotopic (exact) mass is 523 g/mol. The van der Waals surface area contributed by atoms with Crippen LogP contribution in [0.2, 0.25) is 0 Å². The van der Waals surface area contributed by atoms with Gasteiger partial charge in [0.15, 0.2) is 0 Å². The number of hydrogen-bond acceptors (Lipinski definition) is 4. The second kappa shape index (κ2) is 11.1. The summed E-state index contributed by atoms with van der Waals surface area (Å²) in [6.45, 7) is 5.95. The van der Waals surface area contributed by atoms with Gasteiger partial charge in [0, 0.05) is 43.1 Å². The van der Waals surface area contributed by atoms with Gasteiger partial charge < -0.3 is 23.8 Å². The van der Waals surface area contributed by atoms with Gasteiger partial charge in [-0.15, -0.1) is 0 Å². The molecule has 4 aromatic rings. The second-order valence-electron chi connectivity index (χ2n) is 9.74. The van der Waals surface area contributed by atoms with Crippen LogP contribution < -0.4 is 9.47 Å². The van der Waals surface area contributed by atoms with Crippen LogP contribution in [0.15, 0.2) is 78.9 Å². The molecular formula is C32H33N3O4. The molecule has 1 fully saturated rings. The predicted octanol–water partition coefficient (Wildman–Crippen LogP) is 5.38. The maximum absolute atomic E-state index is 13.8. The van der Waals surface area contributed by atoms with E-state index in [1.807, 2.05) is 54.3 Å². The minimum atomic E-state index is -0.0514. The number of nitrogens with zero attached hydrogens (tertiary/aromatic N) is 3. The number of hydrogen-bond donors (Lipinski definition) is 0. The fraction of sp³-hybridized carbons (Fsp3) is 0.250. The lowest BCUT2D eigenvalue weighted by atomic mass is 10.1. The fourth-order valence-corrected chi connectivity index (χ4v) is 5.05. The van der Waals surface area contributed by atoms with Crippen LogP contribution in [-0.2, 0) is 0 Å². The molecule has 1 saturated heterocycles. The van der Waals surface area contributed by atoms with Crippen molar-refractivity contribution in [3.8, 4) is 28.4 Å². The zero-order valence-electron chi connectivity index (χ0n) is 22.8. The molecular weight excluding hydrogens is 490 g/mol. The van der Waals surface area contributed by atoms with Crippen LogP contribution in [-0.4, -0.2) is 66.6 Å². The Labute approximate surface area is 229 Å². The summed E-state index contributed by atoms with van der Waals surface area (Å²) in [5, 5.41) is 0. The summed E-state index contributed by atoms with van der Waals surface area (Å²) < 4.78 is 12.7. The molecule has 0 saturated carbocycles. The van der Waals surface area contributed by atoms with Crippen LogP contribution in [0.4, 0.5) is 0 Å². The van der Waals surface area contributed by atoms with Crippen molar-refractivity contribution in [2.45, 2.75) is 13.8 Å². The first-order valence-electron chi connectivity index (χ1n) is 13.1. The lowest BCUT2D eigenvalue weighted by Gasteiger charge is -2.35. The molecule has 39 heavy (non-hydrogen) atoms. The summed E-state index contributed by atoms with van der Waals surface area (Å²) in [6, 6.07) is 25.3. The number of carbonyl (C=O) groups excluding carboxylic acids is 2. The first-order chi connectivity index (χ1) is 18.9. The molecule has 7 nitrogen and oxygen atoms in total. The van der Waals surface area contributed by atoms with E-state index in [4.69, 9.17) is 9.47 Å². The molecule has 1 aliphatic heterocycles. The van der Waals surface area contributed by atoms with Crippen LogP contribution in [0.25, 0.3) is 16.9 Å². The van der Waals surface area contributed by atoms with E-state index in [-0.39, 0.29) is 11.8 Å². The van der Waals surface area contributed by atoms with Gasteiger partial charge in [-0.1, -0.05) is 23.8 Å². The topological polar surface area (TPSA) is 64.0 Å². The highest BCUT2D eigenvalue weighted by Crippen LogP contribution is 2.32. The number of aromatic nitrogens is 1. The van der Waals surface area contributed by atoms with Gasteiger partial charge in [-0.2, -0.15) is 0 Å². The highest BCUT2D eigenvalue weighted by atomic mass is 16.5. The largest absolute Gasteiger partial charge is 0.497 e. The minimum absolute atomic E-state index is 0.0263. The lowest BCUT2D eigenvalue weighted by Crippen LogP contribution is -2.50. The van der Waals surface area contributed by atoms with Crippen molar-refractivity contribution < 1.29 is 19.1 Å². The standard InChI is InChI=1S/C32H33N3O4/c1-22-8-12-26(13-9-22)35-23(2)29(21-30(35)24-10-14-27(38-3)15-11-24)32(37)34-18-16-33(17-19-34)31(36)25-6-5-7-28(20-25)39-4/h5-15,20-21H,16-19H2,1-4H3. The zero-order chi connectivity index (χ0) is 27.5. The van der Waals surface area contributed by atoms with Crippen LogP contribution in [0.5, 0.6) is 11.5 Å². The van der Waals surface area contributed by atoms with Gasteiger partial charge in [0.2, 0.25) is 0 Å². The van der Waals surface area contributed by atoms with Crippen molar-refractivity contribution in [2.24, 2.45) is 0 Å². The van der Waals surface area contributed by atoms with Gasteiger partial charge in [-0.3, -0.25) is 9.59 Å². The third-order valence-electron chi connectivity index (χ3n) is 7.33. The van der Waals surface area contributed by atoms with Crippen LogP contribution in [0.1, 0.15) is 32.0 Å². The summed E-state index contributed by atoms with van der Waals surface area (Å²) in [6.07, 6.45) is 0. The van der Waals surface area contributed by atoms with Gasteiger partial charge >= 0.3 is 0 Å². The summed E-state index contributed by atoms with van der Waals surface area (Å²) >= 11 is 0. The Morgan fingerprint density at radius 3 is 1.92 bits per heavy atom. The maximum Gasteiger partial charge on any atom is 0.255 e. The number of piperazine rings is 1. The predicted molar refractivity (Wildman–Crippen MR) is 152 cm³/mol. The highest BCUT2D eigenvalue weighted by Gasteiger charge is 2.28. The Hall–Kier alpha value is -4.52. The Morgan fingerprint density at radius 1 is 0.692 bits per heavy atom. The smallest absolute Gasteiger partial charge is 0.255 e. The van der Waals surface area contributed by atoms with Gasteiger partial charge in [-0.25, -0.2) is 0 Å². The summed E-state index contributed by atoms with van der Waals surface area (Å²) in [7, 11) is 3.23. The van der Waals surface area contributed by atoms with Crippen molar-refractivity contribution in [1.29, 1.82) is 0 Å². The quantitative estimate of drug-likeness (QED) is 0.341. The van der Waals surface area contributed by atoms with Crippen LogP contribution in [0.3, 0.4) is 0 Å². The van der Waals surface area contributed by atoms with E-state index in [0.29, 0.717) is 43.1 Å². The van der Waals surface area contributed by atoms with Gasteiger partial charge in [0.25, 0.3) is 11.8 Å².